The summed E-state index contributed by atoms with van der Waals surface area (Å²) in [6.07, 6.45) is 15.9. The highest BCUT2D eigenvalue weighted by Crippen LogP contribution is 2.34. The van der Waals surface area contributed by atoms with Gasteiger partial charge in [-0.05, 0) is 82.8 Å². The third kappa shape index (κ3) is 8.41. The predicted molar refractivity (Wildman–Crippen MR) is 248 cm³/mol. The van der Waals surface area contributed by atoms with Crippen LogP contribution in [0.1, 0.15) is 18.3 Å². The van der Waals surface area contributed by atoms with Gasteiger partial charge in [0.25, 0.3) is 0 Å². The Morgan fingerprint density at radius 1 is 0.593 bits per heavy atom. The average Bonchev–Trinajstić information content (AvgIpc) is 3.61. The number of methoxy groups -OCH3 is 1. The van der Waals surface area contributed by atoms with E-state index in [9.17, 15) is 0 Å². The zero-order valence-electron chi connectivity index (χ0n) is 33.3. The summed E-state index contributed by atoms with van der Waals surface area (Å²) < 4.78 is 7.91. The maximum absolute atomic E-state index is 5.57. The average molecular weight is 765 g/mol. The van der Waals surface area contributed by atoms with Gasteiger partial charge in [0.1, 0.15) is 5.75 Å². The Labute approximate surface area is 346 Å². The molecule has 0 unspecified atom stereocenters. The highest BCUT2D eigenvalue weighted by molar-refractivity contribution is 6.09. The van der Waals surface area contributed by atoms with E-state index in [0.717, 1.165) is 67.7 Å². The monoisotopic (exact) mass is 764 g/mol. The summed E-state index contributed by atoms with van der Waals surface area (Å²) in [4.78, 5) is 15.4. The Morgan fingerprint density at radius 3 is 1.98 bits per heavy atom. The second-order valence-electron chi connectivity index (χ2n) is 14.2. The van der Waals surface area contributed by atoms with E-state index < -0.39 is 0 Å². The fourth-order valence-electron chi connectivity index (χ4n) is 7.32. The van der Waals surface area contributed by atoms with Gasteiger partial charge in [0, 0.05) is 45.0 Å². The molecule has 0 aliphatic heterocycles. The summed E-state index contributed by atoms with van der Waals surface area (Å²) in [5, 5.41) is 2.32. The molecular formula is C54H44N4O. The van der Waals surface area contributed by atoms with E-state index in [-0.39, 0.29) is 0 Å². The van der Waals surface area contributed by atoms with Crippen LogP contribution in [0.4, 0.5) is 0 Å². The molecule has 59 heavy (non-hydrogen) atoms. The number of fused-ring (bicyclic) bond motifs is 3. The van der Waals surface area contributed by atoms with Crippen molar-refractivity contribution < 1.29 is 4.74 Å². The molecule has 0 amide bonds. The van der Waals surface area contributed by atoms with Crippen LogP contribution in [0, 0.1) is 0 Å². The standard InChI is InChI=1S/C54H44N4O/c1-5-6-7-8-16-34-58-49-30-14-12-29-47(49)48-37-45(32-33-50(48)58)54-56-52(39(3)21-17-20-38(2)46-28-13-15-31-51(46)59-4)55-53(57-54)44-27-19-26-43(36-44)42-25-18-24-41(35-42)40-22-10-9-11-23-40/h5-33,35-37H,1-2,34H2,3-4H3/b7-6-,16-8-,20-17-,39-21+. The molecule has 0 bridgehead atoms. The van der Waals surface area contributed by atoms with Crippen molar-refractivity contribution in [3.05, 3.63) is 219 Å². The summed E-state index contributed by atoms with van der Waals surface area (Å²) in [5.41, 5.74) is 11.3. The molecule has 0 aliphatic rings. The molecule has 0 fully saturated rings. The van der Waals surface area contributed by atoms with Crippen molar-refractivity contribution in [3.8, 4) is 50.8 Å². The molecule has 5 nitrogen and oxygen atoms in total. The van der Waals surface area contributed by atoms with Crippen molar-refractivity contribution in [3.63, 3.8) is 0 Å². The molecule has 0 atom stereocenters. The molecular weight excluding hydrogens is 721 g/mol. The molecule has 286 valence electrons. The lowest BCUT2D eigenvalue weighted by atomic mass is 9.98. The van der Waals surface area contributed by atoms with Crippen LogP contribution in [0.5, 0.6) is 5.75 Å². The first-order chi connectivity index (χ1) is 29.0. The number of ether oxygens (including phenoxy) is 1. The van der Waals surface area contributed by atoms with E-state index in [0.29, 0.717) is 17.5 Å². The van der Waals surface area contributed by atoms with E-state index in [4.69, 9.17) is 19.7 Å². The van der Waals surface area contributed by atoms with Crippen molar-refractivity contribution >= 4 is 33.0 Å². The van der Waals surface area contributed by atoms with Crippen LogP contribution in [-0.4, -0.2) is 26.6 Å². The summed E-state index contributed by atoms with van der Waals surface area (Å²) in [6.45, 7) is 10.8. The first kappa shape index (κ1) is 38.3. The number of benzene rings is 6. The van der Waals surface area contributed by atoms with E-state index in [1.54, 1.807) is 13.2 Å². The number of para-hydroxylation sites is 2. The van der Waals surface area contributed by atoms with Crippen molar-refractivity contribution in [1.29, 1.82) is 0 Å². The summed E-state index contributed by atoms with van der Waals surface area (Å²) in [6, 6.07) is 50.4. The van der Waals surface area contributed by atoms with Crippen molar-refractivity contribution in [1.82, 2.24) is 19.5 Å². The molecule has 2 aromatic heterocycles. The smallest absolute Gasteiger partial charge is 0.164 e. The van der Waals surface area contributed by atoms with Crippen LogP contribution in [0.2, 0.25) is 0 Å². The van der Waals surface area contributed by atoms with Crippen LogP contribution < -0.4 is 4.74 Å². The molecule has 0 aliphatic carbocycles. The number of rotatable bonds is 13. The number of hydrogen-bond acceptors (Lipinski definition) is 4. The summed E-state index contributed by atoms with van der Waals surface area (Å²) in [5.74, 6) is 2.57. The molecule has 6 aromatic carbocycles. The maximum Gasteiger partial charge on any atom is 0.164 e. The van der Waals surface area contributed by atoms with Gasteiger partial charge in [-0.3, -0.25) is 0 Å². The van der Waals surface area contributed by atoms with Gasteiger partial charge in [0.05, 0.1) is 7.11 Å². The molecule has 0 saturated heterocycles. The molecule has 8 aromatic rings. The summed E-state index contributed by atoms with van der Waals surface area (Å²) in [7, 11) is 1.67. The molecule has 8 rings (SSSR count). The van der Waals surface area contributed by atoms with E-state index in [1.807, 2.05) is 67.6 Å². The number of allylic oxidation sites excluding steroid dienone is 10. The minimum Gasteiger partial charge on any atom is -0.496 e. The van der Waals surface area contributed by atoms with Crippen LogP contribution in [-0.2, 0) is 6.54 Å². The Morgan fingerprint density at radius 2 is 1.22 bits per heavy atom. The maximum atomic E-state index is 5.57. The first-order valence-corrected chi connectivity index (χ1v) is 19.7. The minimum atomic E-state index is 0.592. The predicted octanol–water partition coefficient (Wildman–Crippen LogP) is 13.6. The molecule has 0 radical (unpaired) electrons. The number of aromatic nitrogens is 4. The lowest BCUT2D eigenvalue weighted by molar-refractivity contribution is 0.413. The third-order valence-electron chi connectivity index (χ3n) is 10.3. The highest BCUT2D eigenvalue weighted by Gasteiger charge is 2.16. The fourth-order valence-corrected chi connectivity index (χ4v) is 7.32. The molecule has 0 N–H and O–H groups in total. The van der Waals surface area contributed by atoms with Crippen LogP contribution >= 0.6 is 0 Å². The lowest BCUT2D eigenvalue weighted by Gasteiger charge is -2.11. The second-order valence-corrected chi connectivity index (χ2v) is 14.2. The normalized spacial score (nSPS) is 12.0. The van der Waals surface area contributed by atoms with Gasteiger partial charge in [-0.2, -0.15) is 0 Å². The van der Waals surface area contributed by atoms with Gasteiger partial charge in [0.15, 0.2) is 17.5 Å². The quantitative estimate of drug-likeness (QED) is 0.110. The van der Waals surface area contributed by atoms with Gasteiger partial charge in [-0.15, -0.1) is 0 Å². The first-order valence-electron chi connectivity index (χ1n) is 19.7. The topological polar surface area (TPSA) is 52.8 Å². The number of hydrogen-bond donors (Lipinski definition) is 0. The Hall–Kier alpha value is -7.63. The molecule has 0 spiro atoms. The van der Waals surface area contributed by atoms with Crippen molar-refractivity contribution in [2.24, 2.45) is 0 Å². The zero-order valence-corrected chi connectivity index (χ0v) is 33.3. The van der Waals surface area contributed by atoms with Crippen molar-refractivity contribution in [2.45, 2.75) is 13.5 Å². The zero-order chi connectivity index (χ0) is 40.6. The van der Waals surface area contributed by atoms with Gasteiger partial charge in [0.2, 0.25) is 0 Å². The third-order valence-corrected chi connectivity index (χ3v) is 10.3. The Bertz CT molecular complexity index is 2950. The Balaban J connectivity index is 1.21. The van der Waals surface area contributed by atoms with Crippen LogP contribution in [0.3, 0.4) is 0 Å². The fraction of sp³-hybridized carbons (Fsp3) is 0.0556. The van der Waals surface area contributed by atoms with Crippen LogP contribution in [0.25, 0.3) is 78.0 Å². The minimum absolute atomic E-state index is 0.592. The van der Waals surface area contributed by atoms with E-state index >= 15 is 0 Å². The van der Waals surface area contributed by atoms with Gasteiger partial charge in [-0.25, -0.2) is 15.0 Å². The largest absolute Gasteiger partial charge is 0.496 e. The second kappa shape index (κ2) is 17.7. The summed E-state index contributed by atoms with van der Waals surface area (Å²) >= 11 is 0. The van der Waals surface area contributed by atoms with Crippen LogP contribution in [0.15, 0.2) is 207 Å². The Kier molecular flexibility index (Phi) is 11.5. The molecule has 5 heteroatoms. The SMILES string of the molecule is C=C/C=C\C=C/Cn1c2ccccc2c2cc(-c3nc(/C(C)=C/C=C\C(=C)c4ccccc4OC)nc(-c4cccc(-c5cccc(-c6ccccc6)c5)c4)n3)ccc21. The molecule has 0 saturated carbocycles. The van der Waals surface area contributed by atoms with Gasteiger partial charge in [-0.1, -0.05) is 165 Å². The van der Waals surface area contributed by atoms with Crippen molar-refractivity contribution in [2.75, 3.05) is 7.11 Å². The van der Waals surface area contributed by atoms with E-state index in [1.165, 1.54) is 16.5 Å². The highest BCUT2D eigenvalue weighted by atomic mass is 16.5. The molecule has 2 heterocycles. The number of nitrogens with zero attached hydrogens (tertiary/aromatic N) is 4. The van der Waals surface area contributed by atoms with Gasteiger partial charge < -0.3 is 9.30 Å². The van der Waals surface area contributed by atoms with E-state index in [2.05, 4.69) is 145 Å². The lowest BCUT2D eigenvalue weighted by Crippen LogP contribution is -2.02. The van der Waals surface area contributed by atoms with Gasteiger partial charge >= 0.3 is 0 Å².